The lowest BCUT2D eigenvalue weighted by atomic mass is 10.8. The summed E-state index contributed by atoms with van der Waals surface area (Å²) in [6.07, 6.45) is 1.66. The van der Waals surface area contributed by atoms with Crippen molar-refractivity contribution in [1.29, 1.82) is 0 Å². The SMILES string of the molecule is CN/N=C(\SC)C(=O)O. The van der Waals surface area contributed by atoms with Gasteiger partial charge in [-0.2, -0.15) is 5.10 Å². The second-order valence-electron chi connectivity index (χ2n) is 1.15. The number of hydrogen-bond acceptors (Lipinski definition) is 4. The Balaban J connectivity index is 3.98. The highest BCUT2D eigenvalue weighted by Gasteiger charge is 2.05. The van der Waals surface area contributed by atoms with Crippen LogP contribution in [0.25, 0.3) is 0 Å². The van der Waals surface area contributed by atoms with Gasteiger partial charge >= 0.3 is 5.97 Å². The summed E-state index contributed by atoms with van der Waals surface area (Å²) in [4.78, 5) is 10.1. The highest BCUT2D eigenvalue weighted by molar-refractivity contribution is 8.15. The molecule has 0 spiro atoms. The van der Waals surface area contributed by atoms with E-state index in [9.17, 15) is 4.79 Å². The summed E-state index contributed by atoms with van der Waals surface area (Å²) in [6, 6.07) is 0. The minimum atomic E-state index is -1.00. The summed E-state index contributed by atoms with van der Waals surface area (Å²) in [5.74, 6) is -1.00. The molecular formula is C4H8N2O2S. The predicted octanol–water partition coefficient (Wildman–Crippen LogP) is -0.0331. The summed E-state index contributed by atoms with van der Waals surface area (Å²) in [5, 5.41) is 11.9. The van der Waals surface area contributed by atoms with Crippen molar-refractivity contribution in [3.8, 4) is 0 Å². The molecule has 9 heavy (non-hydrogen) atoms. The monoisotopic (exact) mass is 148 g/mol. The lowest BCUT2D eigenvalue weighted by Crippen LogP contribution is -2.12. The van der Waals surface area contributed by atoms with Gasteiger partial charge in [-0.15, -0.1) is 11.8 Å². The topological polar surface area (TPSA) is 61.7 Å². The fraction of sp³-hybridized carbons (Fsp3) is 0.500. The van der Waals surface area contributed by atoms with Crippen LogP contribution in [0.4, 0.5) is 0 Å². The minimum Gasteiger partial charge on any atom is -0.476 e. The molecule has 0 saturated heterocycles. The van der Waals surface area contributed by atoms with E-state index in [4.69, 9.17) is 5.11 Å². The van der Waals surface area contributed by atoms with Gasteiger partial charge in [0.25, 0.3) is 0 Å². The minimum absolute atomic E-state index is 0.0671. The molecule has 0 aromatic heterocycles. The van der Waals surface area contributed by atoms with Gasteiger partial charge in [-0.3, -0.25) is 0 Å². The largest absolute Gasteiger partial charge is 0.476 e. The summed E-state index contributed by atoms with van der Waals surface area (Å²) in [6.45, 7) is 0. The highest BCUT2D eigenvalue weighted by Crippen LogP contribution is 1.95. The van der Waals surface area contributed by atoms with Crippen molar-refractivity contribution < 1.29 is 9.90 Å². The van der Waals surface area contributed by atoms with E-state index < -0.39 is 5.97 Å². The zero-order chi connectivity index (χ0) is 7.28. The summed E-state index contributed by atoms with van der Waals surface area (Å²) in [5.41, 5.74) is 2.39. The molecule has 4 nitrogen and oxygen atoms in total. The molecule has 0 rings (SSSR count). The molecule has 0 fully saturated rings. The first-order valence-corrected chi connectivity index (χ1v) is 3.46. The summed E-state index contributed by atoms with van der Waals surface area (Å²) < 4.78 is 0. The van der Waals surface area contributed by atoms with Crippen molar-refractivity contribution in [1.82, 2.24) is 5.43 Å². The number of nitrogens with zero attached hydrogens (tertiary/aromatic N) is 1. The van der Waals surface area contributed by atoms with Crippen molar-refractivity contribution >= 4 is 22.8 Å². The number of hydrazone groups is 1. The molecule has 0 amide bonds. The molecule has 0 aromatic rings. The highest BCUT2D eigenvalue weighted by atomic mass is 32.2. The zero-order valence-electron chi connectivity index (χ0n) is 5.21. The number of carboxylic acids is 1. The van der Waals surface area contributed by atoms with E-state index in [0.29, 0.717) is 0 Å². The van der Waals surface area contributed by atoms with Crippen LogP contribution in [0.1, 0.15) is 0 Å². The normalized spacial score (nSPS) is 11.1. The average molecular weight is 148 g/mol. The van der Waals surface area contributed by atoms with Crippen molar-refractivity contribution in [3.63, 3.8) is 0 Å². The Labute approximate surface area is 57.3 Å². The summed E-state index contributed by atoms with van der Waals surface area (Å²) in [7, 11) is 1.55. The number of hydrogen-bond donors (Lipinski definition) is 2. The zero-order valence-corrected chi connectivity index (χ0v) is 6.03. The number of thioether (sulfide) groups is 1. The molecule has 2 N–H and O–H groups in total. The van der Waals surface area contributed by atoms with Crippen molar-refractivity contribution in [2.75, 3.05) is 13.3 Å². The van der Waals surface area contributed by atoms with Crippen LogP contribution in [0.3, 0.4) is 0 Å². The van der Waals surface area contributed by atoms with Gasteiger partial charge in [0.2, 0.25) is 5.04 Å². The van der Waals surface area contributed by atoms with Crippen molar-refractivity contribution in [2.24, 2.45) is 5.10 Å². The Morgan fingerprint density at radius 1 is 1.78 bits per heavy atom. The molecule has 52 valence electrons. The maximum Gasteiger partial charge on any atom is 0.363 e. The van der Waals surface area contributed by atoms with E-state index >= 15 is 0 Å². The fourth-order valence-corrected chi connectivity index (χ4v) is 0.640. The number of carboxylic acid groups (broad SMARTS) is 1. The first-order chi connectivity index (χ1) is 4.22. The van der Waals surface area contributed by atoms with Crippen molar-refractivity contribution in [3.05, 3.63) is 0 Å². The first kappa shape index (κ1) is 8.29. The van der Waals surface area contributed by atoms with Gasteiger partial charge in [-0.25, -0.2) is 4.79 Å². The second-order valence-corrected chi connectivity index (χ2v) is 1.94. The van der Waals surface area contributed by atoms with Crippen LogP contribution in [0, 0.1) is 0 Å². The molecule has 0 aliphatic carbocycles. The van der Waals surface area contributed by atoms with Crippen LogP contribution in [0.5, 0.6) is 0 Å². The smallest absolute Gasteiger partial charge is 0.363 e. The molecule has 0 aromatic carbocycles. The van der Waals surface area contributed by atoms with Crippen LogP contribution < -0.4 is 5.43 Å². The van der Waals surface area contributed by atoms with E-state index in [1.807, 2.05) is 0 Å². The van der Waals surface area contributed by atoms with Crippen LogP contribution in [-0.2, 0) is 4.79 Å². The number of rotatable bonds is 1. The molecule has 0 bridgehead atoms. The molecule has 0 heterocycles. The molecule has 0 radical (unpaired) electrons. The van der Waals surface area contributed by atoms with Crippen LogP contribution >= 0.6 is 11.8 Å². The second kappa shape index (κ2) is 4.20. The molecule has 0 atom stereocenters. The van der Waals surface area contributed by atoms with Gasteiger partial charge in [0.05, 0.1) is 0 Å². The van der Waals surface area contributed by atoms with Crippen molar-refractivity contribution in [2.45, 2.75) is 0 Å². The standard InChI is InChI=1S/C4H8N2O2S/c1-5-6-3(9-2)4(7)8/h5H,1-2H3,(H,7,8)/b6-3-. The third-order valence-corrected chi connectivity index (χ3v) is 1.24. The molecule has 0 unspecified atom stereocenters. The lowest BCUT2D eigenvalue weighted by Gasteiger charge is -1.92. The quantitative estimate of drug-likeness (QED) is 0.311. The van der Waals surface area contributed by atoms with E-state index in [1.54, 1.807) is 13.3 Å². The Morgan fingerprint density at radius 2 is 2.33 bits per heavy atom. The molecule has 0 aliphatic heterocycles. The maximum absolute atomic E-state index is 10.1. The van der Waals surface area contributed by atoms with Gasteiger partial charge < -0.3 is 10.5 Å². The maximum atomic E-state index is 10.1. The van der Waals surface area contributed by atoms with Gasteiger partial charge in [0.1, 0.15) is 0 Å². The van der Waals surface area contributed by atoms with Crippen LogP contribution in [-0.4, -0.2) is 29.4 Å². The summed E-state index contributed by atoms with van der Waals surface area (Å²) >= 11 is 1.09. The van der Waals surface area contributed by atoms with Crippen LogP contribution in [0.2, 0.25) is 0 Å². The third kappa shape index (κ3) is 2.97. The molecule has 0 saturated carbocycles. The number of carbonyl (C=O) groups is 1. The van der Waals surface area contributed by atoms with E-state index in [2.05, 4.69) is 10.5 Å². The van der Waals surface area contributed by atoms with E-state index in [1.165, 1.54) is 0 Å². The van der Waals surface area contributed by atoms with E-state index in [-0.39, 0.29) is 5.04 Å². The van der Waals surface area contributed by atoms with Crippen LogP contribution in [0.15, 0.2) is 5.10 Å². The Morgan fingerprint density at radius 3 is 2.44 bits per heavy atom. The van der Waals surface area contributed by atoms with Gasteiger partial charge in [-0.1, -0.05) is 0 Å². The fourth-order valence-electron chi connectivity index (χ4n) is 0.282. The molecular weight excluding hydrogens is 140 g/mol. The molecule has 5 heteroatoms. The van der Waals surface area contributed by atoms with E-state index in [0.717, 1.165) is 11.8 Å². The van der Waals surface area contributed by atoms with Gasteiger partial charge in [0, 0.05) is 7.05 Å². The first-order valence-electron chi connectivity index (χ1n) is 2.24. The Kier molecular flexibility index (Phi) is 3.87. The van der Waals surface area contributed by atoms with Gasteiger partial charge in [0.15, 0.2) is 0 Å². The lowest BCUT2D eigenvalue weighted by molar-refractivity contribution is -0.129. The number of nitrogens with one attached hydrogen (secondary N) is 1. The van der Waals surface area contributed by atoms with Gasteiger partial charge in [-0.05, 0) is 6.26 Å². The predicted molar refractivity (Wildman–Crippen MR) is 37.6 cm³/mol. The molecule has 0 aliphatic rings. The third-order valence-electron chi connectivity index (χ3n) is 0.590. The Bertz CT molecular complexity index is 135. The Hall–Kier alpha value is -0.710. The average Bonchev–Trinajstić information content (AvgIpc) is 1.82. The number of aliphatic carboxylic acids is 1.